The molecule has 0 aromatic heterocycles. The maximum atomic E-state index is 12.5. The van der Waals surface area contributed by atoms with Gasteiger partial charge in [0, 0.05) is 6.42 Å². The van der Waals surface area contributed by atoms with E-state index in [9.17, 15) is 9.90 Å². The molecule has 5 nitrogen and oxygen atoms in total. The molecule has 144 valence electrons. The van der Waals surface area contributed by atoms with Crippen LogP contribution in [-0.4, -0.2) is 46.2 Å². The first kappa shape index (κ1) is 21.8. The quantitative estimate of drug-likeness (QED) is 0.577. The average Bonchev–Trinajstić information content (AvgIpc) is 2.80. The highest BCUT2D eigenvalue weighted by Crippen LogP contribution is 2.30. The molecule has 0 aromatic rings. The fraction of sp³-hybridized carbons (Fsp3) is 0.850. The van der Waals surface area contributed by atoms with Crippen LogP contribution in [0.15, 0.2) is 0 Å². The van der Waals surface area contributed by atoms with Gasteiger partial charge in [-0.3, -0.25) is 4.90 Å². The SMILES string of the molecule is CCCCCCCC#C[C@@H](O)[C@@H]1COC(C)(C)N1C(=O)OC(C)(C)C. The molecule has 1 saturated heterocycles. The Balaban J connectivity index is 2.64. The molecule has 1 N–H and O–H groups in total. The van der Waals surface area contributed by atoms with Crippen LogP contribution in [0.25, 0.3) is 0 Å². The number of amides is 1. The molecule has 25 heavy (non-hydrogen) atoms. The maximum Gasteiger partial charge on any atom is 0.413 e. The molecule has 0 aromatic carbocycles. The first-order valence-electron chi connectivity index (χ1n) is 9.41. The number of hydrogen-bond acceptors (Lipinski definition) is 4. The minimum absolute atomic E-state index is 0.249. The standard InChI is InChI=1S/C20H35NO4/c1-7-8-9-10-11-12-13-14-17(22)16-15-24-20(5,6)21(16)18(23)25-19(2,3)4/h16-17,22H,7-12,15H2,1-6H3/t16-,17+/m0/s1. The average molecular weight is 354 g/mol. The van der Waals surface area contributed by atoms with Crippen LogP contribution in [0, 0.1) is 11.8 Å². The second-order valence-electron chi connectivity index (χ2n) is 8.11. The zero-order valence-corrected chi connectivity index (χ0v) is 16.7. The van der Waals surface area contributed by atoms with Gasteiger partial charge in [-0.15, -0.1) is 5.92 Å². The topological polar surface area (TPSA) is 59.0 Å². The first-order chi connectivity index (χ1) is 11.6. The lowest BCUT2D eigenvalue weighted by atomic mass is 10.1. The van der Waals surface area contributed by atoms with Crippen molar-refractivity contribution >= 4 is 6.09 Å². The van der Waals surface area contributed by atoms with Crippen molar-refractivity contribution in [3.8, 4) is 11.8 Å². The van der Waals surface area contributed by atoms with Gasteiger partial charge in [0.05, 0.1) is 12.6 Å². The van der Waals surface area contributed by atoms with Gasteiger partial charge in [0.2, 0.25) is 0 Å². The summed E-state index contributed by atoms with van der Waals surface area (Å²) in [5, 5.41) is 10.4. The molecule has 1 fully saturated rings. The van der Waals surface area contributed by atoms with E-state index in [1.54, 1.807) is 13.8 Å². The summed E-state index contributed by atoms with van der Waals surface area (Å²) in [6.07, 6.45) is 5.27. The van der Waals surface area contributed by atoms with Crippen LogP contribution in [0.5, 0.6) is 0 Å². The summed E-state index contributed by atoms with van der Waals surface area (Å²) in [6.45, 7) is 11.5. The zero-order valence-electron chi connectivity index (χ0n) is 16.7. The Kier molecular flexibility index (Phi) is 8.24. The van der Waals surface area contributed by atoms with Crippen molar-refractivity contribution in [2.75, 3.05) is 6.61 Å². The van der Waals surface area contributed by atoms with Gasteiger partial charge in [-0.25, -0.2) is 4.79 Å². The van der Waals surface area contributed by atoms with Gasteiger partial charge >= 0.3 is 6.09 Å². The summed E-state index contributed by atoms with van der Waals surface area (Å²) in [7, 11) is 0. The molecule has 5 heteroatoms. The molecule has 0 aliphatic carbocycles. The maximum absolute atomic E-state index is 12.5. The number of carbonyl (C=O) groups excluding carboxylic acids is 1. The highest BCUT2D eigenvalue weighted by atomic mass is 16.6. The number of rotatable bonds is 6. The Labute approximate surface area is 153 Å². The minimum Gasteiger partial charge on any atom is -0.444 e. The summed E-state index contributed by atoms with van der Waals surface area (Å²) in [5.41, 5.74) is -1.43. The lowest BCUT2D eigenvalue weighted by Gasteiger charge is -2.35. The number of carbonyl (C=O) groups is 1. The lowest BCUT2D eigenvalue weighted by Crippen LogP contribution is -2.53. The van der Waals surface area contributed by atoms with Gasteiger partial charge in [-0.1, -0.05) is 38.5 Å². The molecule has 2 atom stereocenters. The van der Waals surface area contributed by atoms with E-state index in [0.717, 1.165) is 12.8 Å². The molecule has 1 aliphatic rings. The zero-order chi connectivity index (χ0) is 19.1. The number of ether oxygens (including phenoxy) is 2. The molecule has 0 spiro atoms. The van der Waals surface area contributed by atoms with Crippen molar-refractivity contribution in [3.05, 3.63) is 0 Å². The third-order valence-electron chi connectivity index (χ3n) is 4.13. The molecule has 1 aliphatic heterocycles. The van der Waals surface area contributed by atoms with Crippen LogP contribution in [0.4, 0.5) is 4.79 Å². The number of hydrogen-bond donors (Lipinski definition) is 1. The second kappa shape index (κ2) is 9.45. The van der Waals surface area contributed by atoms with Crippen LogP contribution in [0.3, 0.4) is 0 Å². The van der Waals surface area contributed by atoms with Gasteiger partial charge in [-0.05, 0) is 41.0 Å². The fourth-order valence-corrected chi connectivity index (χ4v) is 2.82. The third kappa shape index (κ3) is 7.25. The van der Waals surface area contributed by atoms with E-state index in [0.29, 0.717) is 0 Å². The van der Waals surface area contributed by atoms with Crippen molar-refractivity contribution in [1.29, 1.82) is 0 Å². The van der Waals surface area contributed by atoms with Crippen molar-refractivity contribution in [2.24, 2.45) is 0 Å². The van der Waals surface area contributed by atoms with Crippen LogP contribution < -0.4 is 0 Å². The Hall–Kier alpha value is -1.25. The van der Waals surface area contributed by atoms with Crippen molar-refractivity contribution in [2.45, 2.75) is 104 Å². The summed E-state index contributed by atoms with van der Waals surface area (Å²) >= 11 is 0. The van der Waals surface area contributed by atoms with Crippen LogP contribution >= 0.6 is 0 Å². The Bertz CT molecular complexity index is 484. The first-order valence-corrected chi connectivity index (χ1v) is 9.41. The number of aliphatic hydroxyl groups is 1. The van der Waals surface area contributed by atoms with Gasteiger partial charge in [0.25, 0.3) is 0 Å². The van der Waals surface area contributed by atoms with Gasteiger partial charge < -0.3 is 14.6 Å². The molecule has 0 radical (unpaired) electrons. The molecule has 0 saturated carbocycles. The molecule has 0 unspecified atom stereocenters. The van der Waals surface area contributed by atoms with E-state index in [1.165, 1.54) is 30.6 Å². The third-order valence-corrected chi connectivity index (χ3v) is 4.13. The van der Waals surface area contributed by atoms with E-state index in [-0.39, 0.29) is 6.61 Å². The molecule has 1 heterocycles. The van der Waals surface area contributed by atoms with Gasteiger partial charge in [0.15, 0.2) is 0 Å². The lowest BCUT2D eigenvalue weighted by molar-refractivity contribution is -0.0658. The van der Waals surface area contributed by atoms with Gasteiger partial charge in [0.1, 0.15) is 17.4 Å². The van der Waals surface area contributed by atoms with Gasteiger partial charge in [-0.2, -0.15) is 0 Å². The summed E-state index contributed by atoms with van der Waals surface area (Å²) in [4.78, 5) is 14.0. The molecule has 1 rings (SSSR count). The predicted molar refractivity (Wildman–Crippen MR) is 99.1 cm³/mol. The fourth-order valence-electron chi connectivity index (χ4n) is 2.82. The van der Waals surface area contributed by atoms with Crippen molar-refractivity contribution in [3.63, 3.8) is 0 Å². The van der Waals surface area contributed by atoms with Crippen molar-refractivity contribution in [1.82, 2.24) is 4.90 Å². The Morgan fingerprint density at radius 3 is 2.56 bits per heavy atom. The minimum atomic E-state index is -0.940. The van der Waals surface area contributed by atoms with E-state index < -0.39 is 29.6 Å². The highest BCUT2D eigenvalue weighted by Gasteiger charge is 2.48. The molecular weight excluding hydrogens is 318 g/mol. The van der Waals surface area contributed by atoms with E-state index in [1.807, 2.05) is 20.8 Å². The molecule has 0 bridgehead atoms. The van der Waals surface area contributed by atoms with Crippen LogP contribution in [0.1, 0.15) is 80.1 Å². The highest BCUT2D eigenvalue weighted by molar-refractivity contribution is 5.70. The predicted octanol–water partition coefficient (Wildman–Crippen LogP) is 4.08. The summed E-state index contributed by atoms with van der Waals surface area (Å²) in [5.74, 6) is 5.92. The summed E-state index contributed by atoms with van der Waals surface area (Å²) < 4.78 is 11.2. The van der Waals surface area contributed by atoms with Crippen molar-refractivity contribution < 1.29 is 19.4 Å². The van der Waals surface area contributed by atoms with E-state index in [2.05, 4.69) is 18.8 Å². The summed E-state index contributed by atoms with van der Waals surface area (Å²) in [6, 6.07) is -0.516. The van der Waals surface area contributed by atoms with E-state index >= 15 is 0 Å². The normalized spacial score (nSPS) is 20.8. The smallest absolute Gasteiger partial charge is 0.413 e. The monoisotopic (exact) mass is 353 g/mol. The Morgan fingerprint density at radius 2 is 1.96 bits per heavy atom. The number of nitrogens with zero attached hydrogens (tertiary/aromatic N) is 1. The number of aliphatic hydroxyl groups excluding tert-OH is 1. The Morgan fingerprint density at radius 1 is 1.32 bits per heavy atom. The molecule has 1 amide bonds. The second-order valence-corrected chi connectivity index (χ2v) is 8.11. The largest absolute Gasteiger partial charge is 0.444 e. The molecular formula is C20H35NO4. The van der Waals surface area contributed by atoms with E-state index in [4.69, 9.17) is 9.47 Å². The number of unbranched alkanes of at least 4 members (excludes halogenated alkanes) is 5. The van der Waals surface area contributed by atoms with Crippen LogP contribution in [0.2, 0.25) is 0 Å². The van der Waals surface area contributed by atoms with Crippen LogP contribution in [-0.2, 0) is 9.47 Å².